The van der Waals surface area contributed by atoms with E-state index in [2.05, 4.69) is 21.2 Å². The maximum atomic E-state index is 6.39. The SMILES string of the molecule is ClC1CCCCCC1NCCOc1ccc(Br)cc1. The van der Waals surface area contributed by atoms with Gasteiger partial charge in [0.15, 0.2) is 0 Å². The number of hydrogen-bond donors (Lipinski definition) is 1. The zero-order valence-electron chi connectivity index (χ0n) is 11.1. The lowest BCUT2D eigenvalue weighted by Gasteiger charge is -2.21. The number of rotatable bonds is 5. The molecule has 1 saturated carbocycles. The first kappa shape index (κ1) is 15.1. The molecule has 1 fully saturated rings. The normalized spacial score (nSPS) is 23.9. The van der Waals surface area contributed by atoms with Gasteiger partial charge in [-0.2, -0.15) is 0 Å². The van der Waals surface area contributed by atoms with Crippen LogP contribution in [-0.4, -0.2) is 24.6 Å². The first-order chi connectivity index (χ1) is 9.25. The standard InChI is InChI=1S/C15H21BrClNO/c16-12-6-8-13(9-7-12)19-11-10-18-15-5-3-1-2-4-14(15)17/h6-9,14-15,18H,1-5,10-11H2. The van der Waals surface area contributed by atoms with Gasteiger partial charge in [-0.05, 0) is 37.1 Å². The number of ether oxygens (including phenoxy) is 1. The Hall–Kier alpha value is -0.250. The van der Waals surface area contributed by atoms with Crippen LogP contribution in [0.3, 0.4) is 0 Å². The van der Waals surface area contributed by atoms with Crippen LogP contribution in [0.5, 0.6) is 5.75 Å². The summed E-state index contributed by atoms with van der Waals surface area (Å²) in [6, 6.07) is 8.36. The minimum atomic E-state index is 0.273. The van der Waals surface area contributed by atoms with E-state index >= 15 is 0 Å². The van der Waals surface area contributed by atoms with Crippen LogP contribution in [0, 0.1) is 0 Å². The van der Waals surface area contributed by atoms with Gasteiger partial charge in [0.05, 0.1) is 0 Å². The fourth-order valence-corrected chi connectivity index (χ4v) is 3.07. The Morgan fingerprint density at radius 3 is 2.68 bits per heavy atom. The molecule has 19 heavy (non-hydrogen) atoms. The second-order valence-corrected chi connectivity index (χ2v) is 6.49. The summed E-state index contributed by atoms with van der Waals surface area (Å²) in [4.78, 5) is 0. The third-order valence-corrected chi connectivity index (χ3v) is 4.57. The van der Waals surface area contributed by atoms with E-state index in [9.17, 15) is 0 Å². The molecule has 0 heterocycles. The highest BCUT2D eigenvalue weighted by Gasteiger charge is 2.20. The van der Waals surface area contributed by atoms with Gasteiger partial charge in [0.1, 0.15) is 12.4 Å². The number of hydrogen-bond acceptors (Lipinski definition) is 2. The largest absolute Gasteiger partial charge is 0.492 e. The summed E-state index contributed by atoms with van der Waals surface area (Å²) in [5, 5.41) is 3.80. The quantitative estimate of drug-likeness (QED) is 0.486. The van der Waals surface area contributed by atoms with Crippen molar-refractivity contribution in [1.29, 1.82) is 0 Å². The van der Waals surface area contributed by atoms with E-state index in [1.54, 1.807) is 0 Å². The molecule has 1 aromatic carbocycles. The lowest BCUT2D eigenvalue weighted by atomic mass is 10.1. The Kier molecular flexibility index (Phi) is 6.48. The molecule has 1 aliphatic carbocycles. The van der Waals surface area contributed by atoms with Gasteiger partial charge in [-0.3, -0.25) is 0 Å². The molecule has 2 nitrogen and oxygen atoms in total. The summed E-state index contributed by atoms with van der Waals surface area (Å²) in [5.74, 6) is 0.910. The molecule has 1 aliphatic rings. The maximum absolute atomic E-state index is 6.39. The molecule has 1 N–H and O–H groups in total. The smallest absolute Gasteiger partial charge is 0.119 e. The van der Waals surface area contributed by atoms with Crippen molar-refractivity contribution in [3.63, 3.8) is 0 Å². The summed E-state index contributed by atoms with van der Waals surface area (Å²) in [7, 11) is 0. The number of halogens is 2. The van der Waals surface area contributed by atoms with E-state index in [-0.39, 0.29) is 5.38 Å². The topological polar surface area (TPSA) is 21.3 Å². The molecule has 0 spiro atoms. The third-order valence-electron chi connectivity index (χ3n) is 3.52. The maximum Gasteiger partial charge on any atom is 0.119 e. The van der Waals surface area contributed by atoms with Crippen molar-refractivity contribution in [3.05, 3.63) is 28.7 Å². The Morgan fingerprint density at radius 1 is 1.16 bits per heavy atom. The fourth-order valence-electron chi connectivity index (χ4n) is 2.44. The second-order valence-electron chi connectivity index (χ2n) is 5.02. The van der Waals surface area contributed by atoms with Gasteiger partial charge in [-0.25, -0.2) is 0 Å². The molecule has 2 unspecified atom stereocenters. The molecule has 4 heteroatoms. The highest BCUT2D eigenvalue weighted by atomic mass is 79.9. The van der Waals surface area contributed by atoms with E-state index in [0.717, 1.165) is 23.2 Å². The van der Waals surface area contributed by atoms with Gasteiger partial charge in [0, 0.05) is 22.4 Å². The van der Waals surface area contributed by atoms with E-state index in [1.807, 2.05) is 24.3 Å². The third kappa shape index (κ3) is 5.33. The molecule has 1 aromatic rings. The highest BCUT2D eigenvalue weighted by Crippen LogP contribution is 2.22. The number of nitrogens with one attached hydrogen (secondary N) is 1. The van der Waals surface area contributed by atoms with E-state index < -0.39 is 0 Å². The van der Waals surface area contributed by atoms with Crippen LogP contribution >= 0.6 is 27.5 Å². The first-order valence-electron chi connectivity index (χ1n) is 7.01. The van der Waals surface area contributed by atoms with Crippen molar-refractivity contribution in [3.8, 4) is 5.75 Å². The van der Waals surface area contributed by atoms with Crippen molar-refractivity contribution >= 4 is 27.5 Å². The summed E-state index contributed by atoms with van der Waals surface area (Å²) < 4.78 is 6.76. The minimum absolute atomic E-state index is 0.273. The van der Waals surface area contributed by atoms with E-state index in [0.29, 0.717) is 12.6 Å². The average molecular weight is 347 g/mol. The fraction of sp³-hybridized carbons (Fsp3) is 0.600. The van der Waals surface area contributed by atoms with Crippen LogP contribution in [-0.2, 0) is 0 Å². The van der Waals surface area contributed by atoms with Crippen LogP contribution in [0.25, 0.3) is 0 Å². The van der Waals surface area contributed by atoms with Crippen molar-refractivity contribution in [2.45, 2.75) is 43.5 Å². The lowest BCUT2D eigenvalue weighted by Crippen LogP contribution is -2.38. The monoisotopic (exact) mass is 345 g/mol. The molecular weight excluding hydrogens is 326 g/mol. The molecule has 0 radical (unpaired) electrons. The van der Waals surface area contributed by atoms with Gasteiger partial charge >= 0.3 is 0 Å². The van der Waals surface area contributed by atoms with Crippen LogP contribution < -0.4 is 10.1 Å². The summed E-state index contributed by atoms with van der Waals surface area (Å²) in [6.07, 6.45) is 6.19. The Balaban J connectivity index is 1.67. The zero-order valence-corrected chi connectivity index (χ0v) is 13.4. The number of benzene rings is 1. The Labute approximate surface area is 129 Å². The highest BCUT2D eigenvalue weighted by molar-refractivity contribution is 9.10. The molecule has 0 bridgehead atoms. The van der Waals surface area contributed by atoms with Crippen LogP contribution in [0.4, 0.5) is 0 Å². The molecule has 106 valence electrons. The van der Waals surface area contributed by atoms with E-state index in [1.165, 1.54) is 25.7 Å². The van der Waals surface area contributed by atoms with Crippen LogP contribution in [0.2, 0.25) is 0 Å². The van der Waals surface area contributed by atoms with Crippen LogP contribution in [0.15, 0.2) is 28.7 Å². The van der Waals surface area contributed by atoms with E-state index in [4.69, 9.17) is 16.3 Å². The van der Waals surface area contributed by atoms with Gasteiger partial charge in [-0.1, -0.05) is 35.2 Å². The van der Waals surface area contributed by atoms with Crippen molar-refractivity contribution in [1.82, 2.24) is 5.32 Å². The minimum Gasteiger partial charge on any atom is -0.492 e. The lowest BCUT2D eigenvalue weighted by molar-refractivity contribution is 0.301. The first-order valence-corrected chi connectivity index (χ1v) is 8.24. The predicted molar refractivity (Wildman–Crippen MR) is 84.2 cm³/mol. The molecule has 0 saturated heterocycles. The molecule has 0 aromatic heterocycles. The van der Waals surface area contributed by atoms with Crippen LogP contribution in [0.1, 0.15) is 32.1 Å². The van der Waals surface area contributed by atoms with Gasteiger partial charge in [0.2, 0.25) is 0 Å². The van der Waals surface area contributed by atoms with Gasteiger partial charge in [-0.15, -0.1) is 11.6 Å². The molecule has 2 rings (SSSR count). The summed E-state index contributed by atoms with van der Waals surface area (Å²) in [5.41, 5.74) is 0. The molecular formula is C15H21BrClNO. The van der Waals surface area contributed by atoms with Gasteiger partial charge < -0.3 is 10.1 Å². The molecule has 0 amide bonds. The van der Waals surface area contributed by atoms with Crippen molar-refractivity contribution in [2.75, 3.05) is 13.2 Å². The molecule has 0 aliphatic heterocycles. The Morgan fingerprint density at radius 2 is 1.89 bits per heavy atom. The molecule has 2 atom stereocenters. The predicted octanol–water partition coefficient (Wildman–Crippen LogP) is 4.36. The summed E-state index contributed by atoms with van der Waals surface area (Å²) in [6.45, 7) is 1.53. The number of alkyl halides is 1. The van der Waals surface area contributed by atoms with Crippen molar-refractivity contribution in [2.24, 2.45) is 0 Å². The zero-order chi connectivity index (χ0) is 13.5. The summed E-state index contributed by atoms with van der Waals surface area (Å²) >= 11 is 9.80. The van der Waals surface area contributed by atoms with Gasteiger partial charge in [0.25, 0.3) is 0 Å². The Bertz CT molecular complexity index is 371. The average Bonchev–Trinajstić information content (AvgIpc) is 2.62. The second kappa shape index (κ2) is 8.13. The van der Waals surface area contributed by atoms with Crippen molar-refractivity contribution < 1.29 is 4.74 Å².